The van der Waals surface area contributed by atoms with Crippen molar-refractivity contribution in [3.05, 3.63) is 65.0 Å². The van der Waals surface area contributed by atoms with Gasteiger partial charge in [0.15, 0.2) is 12.4 Å². The summed E-state index contributed by atoms with van der Waals surface area (Å²) in [5, 5.41) is 5.49. The van der Waals surface area contributed by atoms with Crippen LogP contribution in [-0.4, -0.2) is 96.9 Å². The Morgan fingerprint density at radius 1 is 0.962 bits per heavy atom. The van der Waals surface area contributed by atoms with Crippen LogP contribution in [0.5, 0.6) is 17.5 Å². The molecule has 1 atom stereocenters. The number of nitrogens with one attached hydrogen (secondary N) is 2. The number of esters is 1. The number of likely N-dealkylation sites (N-methyl/N-ethyl adjacent to an activating group) is 1. The first kappa shape index (κ1) is 39.4. The summed E-state index contributed by atoms with van der Waals surface area (Å²) in [6, 6.07) is 12.1. The molecular weight excluding hydrogens is 682 g/mol. The Hall–Kier alpha value is -5.41. The lowest BCUT2D eigenvalue weighted by molar-refractivity contribution is -0.147. The van der Waals surface area contributed by atoms with Crippen LogP contribution in [0, 0.1) is 5.92 Å². The number of anilines is 1. The fourth-order valence-corrected chi connectivity index (χ4v) is 5.07. The highest BCUT2D eigenvalue weighted by Crippen LogP contribution is 2.26. The monoisotopic (exact) mass is 726 g/mol. The van der Waals surface area contributed by atoms with Gasteiger partial charge in [0.2, 0.25) is 5.95 Å². The van der Waals surface area contributed by atoms with Gasteiger partial charge in [-0.3, -0.25) is 19.2 Å². The first-order valence-corrected chi connectivity index (χ1v) is 16.9. The van der Waals surface area contributed by atoms with Crippen molar-refractivity contribution < 1.29 is 46.9 Å². The minimum Gasteiger partial charge on any atom is -0.494 e. The van der Waals surface area contributed by atoms with Gasteiger partial charge in [0.25, 0.3) is 5.92 Å². The second-order valence-electron chi connectivity index (χ2n) is 12.6. The number of carbonyl (C=O) groups excluding carboxylic acids is 4. The number of alkyl halides is 2. The maximum absolute atomic E-state index is 13.7. The maximum atomic E-state index is 13.7. The zero-order valence-electron chi connectivity index (χ0n) is 29.7. The number of methoxy groups -OCH3 is 1. The highest BCUT2D eigenvalue weighted by Gasteiger charge is 2.28. The van der Waals surface area contributed by atoms with E-state index in [-0.39, 0.29) is 55.1 Å². The number of rotatable bonds is 9. The third kappa shape index (κ3) is 12.4. The Bertz CT molecular complexity index is 1700. The summed E-state index contributed by atoms with van der Waals surface area (Å²) in [5.41, 5.74) is 1.73. The standard InChI is InChI=1S/C36H44F2N6O8/c1-36(37,38)22-52-35-42-30-18-24-11-14-27(28(45)19-25(33(48)49-4)21-39-31(46)32(47)44(2)3)29(17-24)51-16-8-6-5-7-15-50-26-12-9-23(10-13-26)20-40-34(41-30)43-35/h9-14,17,25H,5-8,15-16,18-22H2,1-4H3,(H,39,46)(H,40,41,42,43)/t25-/m0/s1. The number of nitrogens with zero attached hydrogens (tertiary/aromatic N) is 4. The Morgan fingerprint density at radius 3 is 2.33 bits per heavy atom. The molecule has 1 aromatic heterocycles. The molecule has 0 radical (unpaired) electrons. The Labute approximate surface area is 300 Å². The molecule has 0 unspecified atom stereocenters. The van der Waals surface area contributed by atoms with Crippen molar-refractivity contribution in [2.75, 3.05) is 52.9 Å². The molecule has 52 heavy (non-hydrogen) atoms. The average molecular weight is 727 g/mol. The quantitative estimate of drug-likeness (QED) is 0.185. The van der Waals surface area contributed by atoms with Gasteiger partial charge in [0.1, 0.15) is 17.3 Å². The maximum Gasteiger partial charge on any atom is 0.321 e. The minimum atomic E-state index is -3.12. The molecule has 16 heteroatoms. The SMILES string of the molecule is COC(=O)[C@H](CNC(=O)C(=O)N(C)C)CC(=O)c1ccc2cc1OCCCCCCOc1ccc(cc1)CNc1nc(nc(OCC(C)(F)F)n1)C2. The molecule has 0 saturated carbocycles. The first-order chi connectivity index (χ1) is 24.8. The van der Waals surface area contributed by atoms with Gasteiger partial charge < -0.3 is 34.5 Å². The number of ether oxygens (including phenoxy) is 4. The van der Waals surface area contributed by atoms with Crippen LogP contribution in [0.1, 0.15) is 66.3 Å². The molecule has 280 valence electrons. The van der Waals surface area contributed by atoms with Crippen LogP contribution < -0.4 is 24.8 Å². The lowest BCUT2D eigenvalue weighted by Crippen LogP contribution is -2.42. The molecule has 0 fully saturated rings. The summed E-state index contributed by atoms with van der Waals surface area (Å²) in [5.74, 6) is -5.83. The van der Waals surface area contributed by atoms with E-state index in [9.17, 15) is 28.0 Å². The average Bonchev–Trinajstić information content (AvgIpc) is 3.11. The van der Waals surface area contributed by atoms with E-state index in [1.54, 1.807) is 18.2 Å². The number of hydrogen-bond acceptors (Lipinski definition) is 12. The van der Waals surface area contributed by atoms with Crippen LogP contribution in [0.2, 0.25) is 0 Å². The highest BCUT2D eigenvalue weighted by atomic mass is 19.3. The number of Topliss-reactive ketones (excluding diaryl/α,β-unsaturated/α-hetero) is 1. The summed E-state index contributed by atoms with van der Waals surface area (Å²) in [7, 11) is 3.99. The third-order valence-electron chi connectivity index (χ3n) is 7.84. The van der Waals surface area contributed by atoms with E-state index in [0.717, 1.165) is 49.5 Å². The summed E-state index contributed by atoms with van der Waals surface area (Å²) < 4.78 is 49.4. The predicted molar refractivity (Wildman–Crippen MR) is 185 cm³/mol. The van der Waals surface area contributed by atoms with E-state index in [1.165, 1.54) is 14.1 Å². The molecule has 2 N–H and O–H groups in total. The van der Waals surface area contributed by atoms with Crippen molar-refractivity contribution in [3.8, 4) is 17.5 Å². The molecule has 2 amide bonds. The number of ketones is 1. The van der Waals surface area contributed by atoms with Gasteiger partial charge in [-0.05, 0) is 61.1 Å². The molecule has 2 aliphatic rings. The number of benzene rings is 2. The van der Waals surface area contributed by atoms with Crippen LogP contribution in [0.3, 0.4) is 0 Å². The number of amides is 2. The van der Waals surface area contributed by atoms with Crippen molar-refractivity contribution in [1.82, 2.24) is 25.2 Å². The van der Waals surface area contributed by atoms with Crippen molar-refractivity contribution in [2.24, 2.45) is 5.92 Å². The second kappa shape index (κ2) is 18.7. The highest BCUT2D eigenvalue weighted by molar-refractivity contribution is 6.34. The molecule has 14 nitrogen and oxygen atoms in total. The third-order valence-corrected chi connectivity index (χ3v) is 7.84. The number of halogens is 2. The largest absolute Gasteiger partial charge is 0.494 e. The number of hydrogen-bond donors (Lipinski definition) is 2. The Morgan fingerprint density at radius 2 is 1.65 bits per heavy atom. The van der Waals surface area contributed by atoms with E-state index < -0.39 is 42.0 Å². The van der Waals surface area contributed by atoms with E-state index >= 15 is 0 Å². The van der Waals surface area contributed by atoms with Gasteiger partial charge in [-0.2, -0.15) is 15.0 Å². The van der Waals surface area contributed by atoms with Crippen LogP contribution in [0.25, 0.3) is 0 Å². The van der Waals surface area contributed by atoms with Crippen molar-refractivity contribution in [3.63, 3.8) is 0 Å². The van der Waals surface area contributed by atoms with E-state index in [0.29, 0.717) is 25.1 Å². The minimum absolute atomic E-state index is 0.101. The lowest BCUT2D eigenvalue weighted by atomic mass is 9.96. The lowest BCUT2D eigenvalue weighted by Gasteiger charge is -2.17. The molecule has 0 spiro atoms. The summed E-state index contributed by atoms with van der Waals surface area (Å²) in [6.07, 6.45) is 3.03. The van der Waals surface area contributed by atoms with Crippen LogP contribution in [0.4, 0.5) is 14.7 Å². The van der Waals surface area contributed by atoms with Gasteiger partial charge in [-0.1, -0.05) is 18.2 Å². The number of fused-ring (bicyclic) bond motifs is 10. The molecule has 0 saturated heterocycles. The smallest absolute Gasteiger partial charge is 0.321 e. The fraction of sp³-hybridized carbons (Fsp3) is 0.472. The molecule has 3 heterocycles. The molecule has 2 aliphatic heterocycles. The van der Waals surface area contributed by atoms with Crippen molar-refractivity contribution in [2.45, 2.75) is 57.9 Å². The van der Waals surface area contributed by atoms with Crippen molar-refractivity contribution >= 4 is 29.5 Å². The molecule has 2 aromatic carbocycles. The Balaban J connectivity index is 1.61. The predicted octanol–water partition coefficient (Wildman–Crippen LogP) is 4.01. The molecule has 3 aromatic rings. The van der Waals surface area contributed by atoms with E-state index in [2.05, 4.69) is 25.6 Å². The first-order valence-electron chi connectivity index (χ1n) is 16.9. The van der Waals surface area contributed by atoms with Gasteiger partial charge in [0, 0.05) is 47.0 Å². The summed E-state index contributed by atoms with van der Waals surface area (Å²) in [4.78, 5) is 64.5. The summed E-state index contributed by atoms with van der Waals surface area (Å²) in [6.45, 7) is 0.639. The van der Waals surface area contributed by atoms with E-state index in [1.807, 2.05) is 24.3 Å². The number of carbonyl (C=O) groups is 4. The van der Waals surface area contributed by atoms with Crippen LogP contribution in [-0.2, 0) is 32.1 Å². The van der Waals surface area contributed by atoms with Crippen molar-refractivity contribution in [1.29, 1.82) is 0 Å². The van der Waals surface area contributed by atoms with Gasteiger partial charge in [-0.15, -0.1) is 0 Å². The van der Waals surface area contributed by atoms with E-state index in [4.69, 9.17) is 18.9 Å². The van der Waals surface area contributed by atoms with Crippen LogP contribution >= 0.6 is 0 Å². The molecule has 6 bridgehead atoms. The zero-order chi connectivity index (χ0) is 37.7. The summed E-state index contributed by atoms with van der Waals surface area (Å²) >= 11 is 0. The zero-order valence-corrected chi connectivity index (χ0v) is 29.7. The van der Waals surface area contributed by atoms with Gasteiger partial charge in [0.05, 0.1) is 31.8 Å². The van der Waals surface area contributed by atoms with Crippen LogP contribution in [0.15, 0.2) is 42.5 Å². The molecule has 5 rings (SSSR count). The molecule has 0 aliphatic carbocycles. The fourth-order valence-electron chi connectivity index (χ4n) is 5.07. The Kier molecular flexibility index (Phi) is 14.2. The second-order valence-corrected chi connectivity index (χ2v) is 12.6. The number of aromatic nitrogens is 3. The normalized spacial score (nSPS) is 14.3. The topological polar surface area (TPSA) is 171 Å². The van der Waals surface area contributed by atoms with Gasteiger partial charge >= 0.3 is 23.8 Å². The van der Waals surface area contributed by atoms with Gasteiger partial charge in [-0.25, -0.2) is 8.78 Å². The molecular formula is C36H44F2N6O8.